The molecular weight excluding hydrogens is 727 g/mol. The third-order valence-electron chi connectivity index (χ3n) is 12.5. The SMILES string of the molecule is CCCCCCCCCCCCCCCCC/C=C/CC/C=C/C(O)C(CO)NC(=O)CC(O)CCCCCCCCCCCCCCCCCCCCCCCCC. The van der Waals surface area contributed by atoms with E-state index in [9.17, 15) is 20.1 Å². The smallest absolute Gasteiger partial charge is 0.222 e. The molecule has 350 valence electrons. The predicted octanol–water partition coefficient (Wildman–Crippen LogP) is 16.1. The number of carbonyl (C=O) groups excluding carboxylic acids is 1. The standard InChI is InChI=1S/C54H105NO4/c1-3-5-7-9-11-13-15-17-19-21-23-25-26-28-29-31-33-35-37-39-41-43-45-47-51(57)49-54(59)55-52(50-56)53(58)48-46-44-42-40-38-36-34-32-30-27-24-22-20-18-16-14-12-10-8-6-4-2/h38,40,46,48,51-53,56-58H,3-37,39,41-45,47,49-50H2,1-2H3,(H,55,59)/b40-38+,48-46+. The van der Waals surface area contributed by atoms with Crippen molar-refractivity contribution < 1.29 is 20.1 Å². The third-order valence-corrected chi connectivity index (χ3v) is 12.5. The summed E-state index contributed by atoms with van der Waals surface area (Å²) in [5.41, 5.74) is 0. The normalized spacial score (nSPS) is 13.5. The van der Waals surface area contributed by atoms with Crippen LogP contribution in [0.3, 0.4) is 0 Å². The van der Waals surface area contributed by atoms with E-state index in [0.717, 1.165) is 32.1 Å². The van der Waals surface area contributed by atoms with Crippen LogP contribution in [0.2, 0.25) is 0 Å². The molecule has 0 aliphatic carbocycles. The fraction of sp³-hybridized carbons (Fsp3) is 0.907. The van der Waals surface area contributed by atoms with E-state index in [0.29, 0.717) is 6.42 Å². The first-order chi connectivity index (χ1) is 29.0. The summed E-state index contributed by atoms with van der Waals surface area (Å²) in [6, 6.07) is -0.759. The van der Waals surface area contributed by atoms with E-state index in [1.54, 1.807) is 6.08 Å². The van der Waals surface area contributed by atoms with Crippen molar-refractivity contribution in [3.8, 4) is 0 Å². The van der Waals surface area contributed by atoms with Gasteiger partial charge in [0.2, 0.25) is 5.91 Å². The average molecular weight is 832 g/mol. The van der Waals surface area contributed by atoms with Crippen LogP contribution in [0, 0.1) is 0 Å². The fourth-order valence-electron chi connectivity index (χ4n) is 8.42. The molecule has 3 unspecified atom stereocenters. The van der Waals surface area contributed by atoms with Crippen molar-refractivity contribution in [2.45, 2.75) is 308 Å². The minimum Gasteiger partial charge on any atom is -0.394 e. The molecule has 0 saturated carbocycles. The van der Waals surface area contributed by atoms with Crippen molar-refractivity contribution in [1.82, 2.24) is 5.32 Å². The Morgan fingerprint density at radius 3 is 1.08 bits per heavy atom. The highest BCUT2D eigenvalue weighted by atomic mass is 16.3. The summed E-state index contributed by atoms with van der Waals surface area (Å²) in [6.45, 7) is 4.24. The quantitative estimate of drug-likeness (QED) is 0.0363. The van der Waals surface area contributed by atoms with Crippen molar-refractivity contribution in [3.63, 3.8) is 0 Å². The monoisotopic (exact) mass is 832 g/mol. The van der Waals surface area contributed by atoms with Crippen LogP contribution in [0.15, 0.2) is 24.3 Å². The zero-order chi connectivity index (χ0) is 43.0. The Bertz CT molecular complexity index is 874. The number of allylic oxidation sites excluding steroid dienone is 3. The van der Waals surface area contributed by atoms with E-state index in [-0.39, 0.29) is 18.9 Å². The second-order valence-corrected chi connectivity index (χ2v) is 18.5. The molecule has 1 amide bonds. The van der Waals surface area contributed by atoms with Gasteiger partial charge in [-0.1, -0.05) is 276 Å². The highest BCUT2D eigenvalue weighted by molar-refractivity contribution is 5.76. The van der Waals surface area contributed by atoms with E-state index in [4.69, 9.17) is 0 Å². The van der Waals surface area contributed by atoms with Crippen LogP contribution in [0.1, 0.15) is 290 Å². The molecular formula is C54H105NO4. The lowest BCUT2D eigenvalue weighted by Gasteiger charge is -2.21. The first kappa shape index (κ1) is 57.8. The van der Waals surface area contributed by atoms with Crippen molar-refractivity contribution in [2.24, 2.45) is 0 Å². The summed E-state index contributed by atoms with van der Waals surface area (Å²) < 4.78 is 0. The molecule has 59 heavy (non-hydrogen) atoms. The summed E-state index contributed by atoms with van der Waals surface area (Å²) in [7, 11) is 0. The lowest BCUT2D eigenvalue weighted by atomic mass is 10.0. The molecule has 0 heterocycles. The van der Waals surface area contributed by atoms with Crippen molar-refractivity contribution in [3.05, 3.63) is 24.3 Å². The summed E-state index contributed by atoms with van der Waals surface area (Å²) in [4.78, 5) is 12.5. The zero-order valence-electron chi connectivity index (χ0n) is 39.9. The lowest BCUT2D eigenvalue weighted by Crippen LogP contribution is -2.45. The Morgan fingerprint density at radius 2 is 0.729 bits per heavy atom. The molecule has 5 heteroatoms. The maximum absolute atomic E-state index is 12.5. The minimum atomic E-state index is -0.950. The van der Waals surface area contributed by atoms with Crippen LogP contribution in [-0.4, -0.2) is 46.1 Å². The van der Waals surface area contributed by atoms with Crippen LogP contribution < -0.4 is 5.32 Å². The second-order valence-electron chi connectivity index (χ2n) is 18.5. The van der Waals surface area contributed by atoms with Gasteiger partial charge in [-0.15, -0.1) is 0 Å². The van der Waals surface area contributed by atoms with Crippen molar-refractivity contribution >= 4 is 5.91 Å². The largest absolute Gasteiger partial charge is 0.394 e. The summed E-state index contributed by atoms with van der Waals surface area (Å²) in [5.74, 6) is -0.320. The third kappa shape index (κ3) is 46.2. The molecule has 4 N–H and O–H groups in total. The number of aliphatic hydroxyl groups is 3. The highest BCUT2D eigenvalue weighted by Crippen LogP contribution is 2.17. The number of hydrogen-bond acceptors (Lipinski definition) is 4. The highest BCUT2D eigenvalue weighted by Gasteiger charge is 2.20. The maximum Gasteiger partial charge on any atom is 0.222 e. The van der Waals surface area contributed by atoms with Crippen molar-refractivity contribution in [2.75, 3.05) is 6.61 Å². The molecule has 0 saturated heterocycles. The number of rotatable bonds is 49. The Morgan fingerprint density at radius 1 is 0.424 bits per heavy atom. The fourth-order valence-corrected chi connectivity index (χ4v) is 8.42. The molecule has 0 fully saturated rings. The van der Waals surface area contributed by atoms with Crippen LogP contribution in [0.4, 0.5) is 0 Å². The molecule has 0 aromatic heterocycles. The molecule has 0 bridgehead atoms. The minimum absolute atomic E-state index is 0.0103. The van der Waals surface area contributed by atoms with Gasteiger partial charge in [-0.3, -0.25) is 4.79 Å². The number of aliphatic hydroxyl groups excluding tert-OH is 3. The predicted molar refractivity (Wildman–Crippen MR) is 259 cm³/mol. The zero-order valence-corrected chi connectivity index (χ0v) is 39.9. The molecule has 0 aromatic rings. The molecule has 0 aliphatic heterocycles. The Balaban J connectivity index is 3.60. The van der Waals surface area contributed by atoms with E-state index < -0.39 is 18.2 Å². The average Bonchev–Trinajstić information content (AvgIpc) is 3.23. The van der Waals surface area contributed by atoms with Gasteiger partial charge in [0.25, 0.3) is 0 Å². The molecule has 0 rings (SSSR count). The maximum atomic E-state index is 12.5. The first-order valence-corrected chi connectivity index (χ1v) is 26.6. The van der Waals surface area contributed by atoms with Gasteiger partial charge in [-0.25, -0.2) is 0 Å². The van der Waals surface area contributed by atoms with Crippen molar-refractivity contribution in [1.29, 1.82) is 0 Å². The Hall–Kier alpha value is -1.17. The number of nitrogens with one attached hydrogen (secondary N) is 1. The van der Waals surface area contributed by atoms with Gasteiger partial charge in [-0.05, 0) is 32.1 Å². The van der Waals surface area contributed by atoms with Gasteiger partial charge in [0.1, 0.15) is 0 Å². The van der Waals surface area contributed by atoms with Gasteiger partial charge < -0.3 is 20.6 Å². The topological polar surface area (TPSA) is 89.8 Å². The van der Waals surface area contributed by atoms with Crippen LogP contribution in [0.5, 0.6) is 0 Å². The lowest BCUT2D eigenvalue weighted by molar-refractivity contribution is -0.124. The number of unbranched alkanes of at least 4 members (excludes halogenated alkanes) is 38. The van der Waals surface area contributed by atoms with E-state index in [2.05, 4.69) is 31.3 Å². The van der Waals surface area contributed by atoms with Gasteiger partial charge in [0, 0.05) is 0 Å². The van der Waals surface area contributed by atoms with Gasteiger partial charge in [0.15, 0.2) is 0 Å². The van der Waals surface area contributed by atoms with Gasteiger partial charge >= 0.3 is 0 Å². The van der Waals surface area contributed by atoms with Crippen LogP contribution in [-0.2, 0) is 4.79 Å². The van der Waals surface area contributed by atoms with Gasteiger partial charge in [-0.2, -0.15) is 0 Å². The summed E-state index contributed by atoms with van der Waals surface area (Å²) >= 11 is 0. The number of hydrogen-bond donors (Lipinski definition) is 4. The van der Waals surface area contributed by atoms with E-state index in [1.807, 2.05) is 6.08 Å². The molecule has 0 aromatic carbocycles. The second kappa shape index (κ2) is 49.5. The summed E-state index contributed by atoms with van der Waals surface area (Å²) in [6.07, 6.45) is 62.1. The van der Waals surface area contributed by atoms with E-state index >= 15 is 0 Å². The van der Waals surface area contributed by atoms with Gasteiger partial charge in [0.05, 0.1) is 31.3 Å². The Labute approximate surface area is 369 Å². The van der Waals surface area contributed by atoms with Crippen LogP contribution in [0.25, 0.3) is 0 Å². The summed E-state index contributed by atoms with van der Waals surface area (Å²) in [5, 5.41) is 33.4. The molecule has 0 aliphatic rings. The number of amides is 1. The van der Waals surface area contributed by atoms with Crippen LogP contribution >= 0.6 is 0 Å². The number of carbonyl (C=O) groups is 1. The first-order valence-electron chi connectivity index (χ1n) is 26.6. The molecule has 0 radical (unpaired) electrons. The Kier molecular flexibility index (Phi) is 48.5. The molecule has 5 nitrogen and oxygen atoms in total. The molecule has 0 spiro atoms. The van der Waals surface area contributed by atoms with E-state index in [1.165, 1.54) is 231 Å². The molecule has 3 atom stereocenters.